The Morgan fingerprint density at radius 3 is 2.50 bits per heavy atom. The molecule has 1 aliphatic rings. The first kappa shape index (κ1) is 16.8. The first-order valence-electron chi connectivity index (χ1n) is 8.97. The van der Waals surface area contributed by atoms with Crippen molar-refractivity contribution in [3.8, 4) is 6.07 Å². The fraction of sp³-hybridized carbons (Fsp3) is 0.571. The van der Waals surface area contributed by atoms with Gasteiger partial charge in [-0.3, -0.25) is 0 Å². The van der Waals surface area contributed by atoms with E-state index in [0.29, 0.717) is 0 Å². The van der Waals surface area contributed by atoms with Crippen molar-refractivity contribution in [2.45, 2.75) is 64.7 Å². The minimum atomic E-state index is 0.763. The van der Waals surface area contributed by atoms with Crippen molar-refractivity contribution in [3.63, 3.8) is 0 Å². The quantitative estimate of drug-likeness (QED) is 0.444. The van der Waals surface area contributed by atoms with Gasteiger partial charge in [0.2, 0.25) is 0 Å². The maximum atomic E-state index is 8.82. The third kappa shape index (κ3) is 5.68. The van der Waals surface area contributed by atoms with Crippen molar-refractivity contribution in [2.75, 3.05) is 0 Å². The number of benzene rings is 1. The van der Waals surface area contributed by atoms with Crippen molar-refractivity contribution in [3.05, 3.63) is 47.5 Å². The van der Waals surface area contributed by atoms with Gasteiger partial charge in [-0.2, -0.15) is 5.26 Å². The van der Waals surface area contributed by atoms with E-state index in [4.69, 9.17) is 5.26 Å². The summed E-state index contributed by atoms with van der Waals surface area (Å²) in [5.74, 6) is 1.74. The van der Waals surface area contributed by atoms with Gasteiger partial charge in [0.15, 0.2) is 0 Å². The molecule has 0 unspecified atom stereocenters. The fourth-order valence-electron chi connectivity index (χ4n) is 3.40. The van der Waals surface area contributed by atoms with E-state index in [0.717, 1.165) is 23.8 Å². The Kier molecular flexibility index (Phi) is 7.23. The van der Waals surface area contributed by atoms with Crippen molar-refractivity contribution in [1.82, 2.24) is 0 Å². The fourth-order valence-corrected chi connectivity index (χ4v) is 3.40. The van der Waals surface area contributed by atoms with Crippen molar-refractivity contribution >= 4 is 0 Å². The van der Waals surface area contributed by atoms with Gasteiger partial charge in [0.05, 0.1) is 11.6 Å². The summed E-state index contributed by atoms with van der Waals surface area (Å²) in [7, 11) is 0. The van der Waals surface area contributed by atoms with E-state index in [1.165, 1.54) is 56.9 Å². The molecule has 1 saturated carbocycles. The lowest BCUT2D eigenvalue weighted by Gasteiger charge is -2.26. The number of nitrogens with zero attached hydrogens (tertiary/aromatic N) is 1. The Bertz CT molecular complexity index is 484. The van der Waals surface area contributed by atoms with Crippen LogP contribution < -0.4 is 0 Å². The van der Waals surface area contributed by atoms with Crippen molar-refractivity contribution in [1.29, 1.82) is 5.26 Å². The average molecular weight is 295 g/mol. The van der Waals surface area contributed by atoms with Crippen LogP contribution in [0.4, 0.5) is 0 Å². The predicted molar refractivity (Wildman–Crippen MR) is 93.6 cm³/mol. The molecule has 1 heteroatoms. The Labute approximate surface area is 136 Å². The highest BCUT2D eigenvalue weighted by Crippen LogP contribution is 2.32. The second-order valence-corrected chi connectivity index (χ2v) is 6.70. The zero-order chi connectivity index (χ0) is 15.6. The number of hydrogen-bond donors (Lipinski definition) is 0. The molecule has 0 saturated heterocycles. The smallest absolute Gasteiger partial charge is 0.0991 e. The van der Waals surface area contributed by atoms with E-state index in [1.54, 1.807) is 0 Å². The van der Waals surface area contributed by atoms with Crippen LogP contribution in [0.25, 0.3) is 0 Å². The second kappa shape index (κ2) is 9.46. The van der Waals surface area contributed by atoms with Crippen LogP contribution in [-0.2, 0) is 6.42 Å². The maximum absolute atomic E-state index is 8.82. The molecule has 0 amide bonds. The van der Waals surface area contributed by atoms with Gasteiger partial charge >= 0.3 is 0 Å². The van der Waals surface area contributed by atoms with Crippen LogP contribution in [0.5, 0.6) is 0 Å². The topological polar surface area (TPSA) is 23.8 Å². The Balaban J connectivity index is 1.66. The van der Waals surface area contributed by atoms with Gasteiger partial charge in [0, 0.05) is 0 Å². The molecular weight excluding hydrogens is 266 g/mol. The molecule has 0 aliphatic heterocycles. The SMILES string of the molecule is CCCCC=CC1CCC(CCc2ccc(C#N)cc2)CC1. The highest BCUT2D eigenvalue weighted by Gasteiger charge is 2.19. The first-order chi connectivity index (χ1) is 10.8. The third-order valence-corrected chi connectivity index (χ3v) is 4.95. The van der Waals surface area contributed by atoms with Crippen LogP contribution in [0.1, 0.15) is 69.4 Å². The first-order valence-corrected chi connectivity index (χ1v) is 8.97. The molecule has 2 rings (SSSR count). The van der Waals surface area contributed by atoms with Gasteiger partial charge in [-0.05, 0) is 74.5 Å². The summed E-state index contributed by atoms with van der Waals surface area (Å²) in [6, 6.07) is 10.3. The molecule has 118 valence electrons. The molecular formula is C21H29N. The van der Waals surface area contributed by atoms with Gasteiger partial charge < -0.3 is 0 Å². The summed E-state index contributed by atoms with van der Waals surface area (Å²) in [5.41, 5.74) is 2.14. The summed E-state index contributed by atoms with van der Waals surface area (Å²) in [4.78, 5) is 0. The zero-order valence-electron chi connectivity index (χ0n) is 13.9. The predicted octanol–water partition coefficient (Wildman–Crippen LogP) is 6.04. The van der Waals surface area contributed by atoms with E-state index >= 15 is 0 Å². The molecule has 1 fully saturated rings. The largest absolute Gasteiger partial charge is 0.192 e. The van der Waals surface area contributed by atoms with Crippen molar-refractivity contribution < 1.29 is 0 Å². The number of allylic oxidation sites excluding steroid dienone is 2. The summed E-state index contributed by atoms with van der Waals surface area (Å²) in [6.45, 7) is 2.26. The van der Waals surface area contributed by atoms with Gasteiger partial charge in [0.25, 0.3) is 0 Å². The minimum absolute atomic E-state index is 0.763. The van der Waals surface area contributed by atoms with Crippen LogP contribution in [0.2, 0.25) is 0 Å². The summed E-state index contributed by atoms with van der Waals surface area (Å²) < 4.78 is 0. The number of rotatable bonds is 7. The highest BCUT2D eigenvalue weighted by molar-refractivity contribution is 5.31. The number of hydrogen-bond acceptors (Lipinski definition) is 1. The molecule has 0 atom stereocenters. The Morgan fingerprint density at radius 1 is 1.14 bits per heavy atom. The molecule has 0 spiro atoms. The summed E-state index contributed by atoms with van der Waals surface area (Å²) >= 11 is 0. The van der Waals surface area contributed by atoms with Crippen LogP contribution in [0.15, 0.2) is 36.4 Å². The highest BCUT2D eigenvalue weighted by atomic mass is 14.2. The molecule has 0 bridgehead atoms. The van der Waals surface area contributed by atoms with Gasteiger partial charge in [-0.1, -0.05) is 44.1 Å². The molecule has 1 aromatic carbocycles. The zero-order valence-corrected chi connectivity index (χ0v) is 13.9. The van der Waals surface area contributed by atoms with Crippen LogP contribution in [-0.4, -0.2) is 0 Å². The second-order valence-electron chi connectivity index (χ2n) is 6.70. The summed E-state index contributed by atoms with van der Waals surface area (Å²) in [6.07, 6.45) is 16.8. The van der Waals surface area contributed by atoms with E-state index in [-0.39, 0.29) is 0 Å². The normalized spacial score (nSPS) is 21.8. The van der Waals surface area contributed by atoms with E-state index < -0.39 is 0 Å². The van der Waals surface area contributed by atoms with Crippen LogP contribution in [0.3, 0.4) is 0 Å². The van der Waals surface area contributed by atoms with E-state index in [1.807, 2.05) is 12.1 Å². The monoisotopic (exact) mass is 295 g/mol. The molecule has 0 heterocycles. The average Bonchev–Trinajstić information content (AvgIpc) is 2.58. The van der Waals surface area contributed by atoms with Gasteiger partial charge in [-0.25, -0.2) is 0 Å². The minimum Gasteiger partial charge on any atom is -0.192 e. The van der Waals surface area contributed by atoms with Crippen LogP contribution in [0, 0.1) is 23.2 Å². The standard InChI is InChI=1S/C21H29N/c1-2-3-4-5-6-18-7-9-19(10-8-18)11-12-20-13-15-21(17-22)16-14-20/h5-6,13-16,18-19H,2-4,7-12H2,1H3. The molecule has 0 radical (unpaired) electrons. The Hall–Kier alpha value is -1.55. The van der Waals surface area contributed by atoms with Gasteiger partial charge in [0.1, 0.15) is 0 Å². The lowest BCUT2D eigenvalue weighted by molar-refractivity contribution is 0.296. The maximum Gasteiger partial charge on any atom is 0.0991 e. The number of unbranched alkanes of at least 4 members (excludes halogenated alkanes) is 2. The Morgan fingerprint density at radius 2 is 1.86 bits per heavy atom. The molecule has 1 aromatic rings. The molecule has 1 nitrogen and oxygen atoms in total. The summed E-state index contributed by atoms with van der Waals surface area (Å²) in [5, 5.41) is 8.82. The molecule has 22 heavy (non-hydrogen) atoms. The lowest BCUT2D eigenvalue weighted by atomic mass is 9.79. The van der Waals surface area contributed by atoms with Gasteiger partial charge in [-0.15, -0.1) is 0 Å². The molecule has 0 N–H and O–H groups in total. The number of aryl methyl sites for hydroxylation is 1. The van der Waals surface area contributed by atoms with Crippen LogP contribution >= 0.6 is 0 Å². The number of nitriles is 1. The van der Waals surface area contributed by atoms with Crippen molar-refractivity contribution in [2.24, 2.45) is 11.8 Å². The molecule has 1 aliphatic carbocycles. The lowest BCUT2D eigenvalue weighted by Crippen LogP contribution is -2.13. The molecule has 0 aromatic heterocycles. The third-order valence-electron chi connectivity index (χ3n) is 4.95. The van der Waals surface area contributed by atoms with E-state index in [9.17, 15) is 0 Å². The van der Waals surface area contributed by atoms with E-state index in [2.05, 4.69) is 37.3 Å².